The maximum atomic E-state index is 14.3. The van der Waals surface area contributed by atoms with E-state index < -0.39 is 109 Å². The van der Waals surface area contributed by atoms with Crippen LogP contribution in [0.3, 0.4) is 0 Å². The number of guanidine groups is 2. The first-order valence-electron chi connectivity index (χ1n) is 25.1. The van der Waals surface area contributed by atoms with Gasteiger partial charge in [-0.2, -0.15) is 0 Å². The molecule has 25 heteroatoms. The number of nitrogens with zero attached hydrogens (tertiary/aromatic N) is 5. The third kappa shape index (κ3) is 17.3. The Morgan fingerprint density at radius 1 is 0.667 bits per heavy atom. The molecule has 8 atom stereocenters. The highest BCUT2D eigenvalue weighted by molar-refractivity contribution is 5.98. The summed E-state index contributed by atoms with van der Waals surface area (Å²) < 4.78 is 0. The number of nitrogens with two attached hydrogens (primary N) is 5. The molecule has 75 heavy (non-hydrogen) atoms. The maximum Gasteiger partial charge on any atom is 0.248 e. The Morgan fingerprint density at radius 3 is 1.83 bits per heavy atom. The van der Waals surface area contributed by atoms with E-state index in [9.17, 15) is 48.3 Å². The lowest BCUT2D eigenvalue weighted by Crippen LogP contribution is -2.59. The van der Waals surface area contributed by atoms with Gasteiger partial charge in [-0.15, -0.1) is 0 Å². The second kappa shape index (κ2) is 29.1. The van der Waals surface area contributed by atoms with E-state index in [1.807, 2.05) is 30.3 Å². The lowest BCUT2D eigenvalue weighted by molar-refractivity contribution is -0.148. The number of benzene rings is 2. The van der Waals surface area contributed by atoms with E-state index in [4.69, 9.17) is 28.7 Å². The summed E-state index contributed by atoms with van der Waals surface area (Å²) in [4.78, 5) is 134. The van der Waals surface area contributed by atoms with E-state index in [1.54, 1.807) is 30.3 Å². The van der Waals surface area contributed by atoms with E-state index in [2.05, 4.69) is 36.6 Å². The first-order valence-corrected chi connectivity index (χ1v) is 25.1. The average Bonchev–Trinajstić information content (AvgIpc) is 4.22. The van der Waals surface area contributed by atoms with Crippen LogP contribution in [0.1, 0.15) is 68.9 Å². The van der Waals surface area contributed by atoms with Gasteiger partial charge in [-0.05, 0) is 75.3 Å². The Hall–Kier alpha value is -7.93. The van der Waals surface area contributed by atoms with Crippen LogP contribution in [0.5, 0.6) is 0 Å². The van der Waals surface area contributed by atoms with Gasteiger partial charge in [0.25, 0.3) is 0 Å². The number of aliphatic imine (C=N–C) groups is 2. The molecule has 8 amide bonds. The van der Waals surface area contributed by atoms with E-state index in [0.29, 0.717) is 44.0 Å². The van der Waals surface area contributed by atoms with Gasteiger partial charge in [-0.25, -0.2) is 4.99 Å². The van der Waals surface area contributed by atoms with Gasteiger partial charge < -0.3 is 79.9 Å². The summed E-state index contributed by atoms with van der Waals surface area (Å²) in [6.45, 7) is -0.719. The Kier molecular flexibility index (Phi) is 22.5. The summed E-state index contributed by atoms with van der Waals surface area (Å²) >= 11 is 0. The van der Waals surface area contributed by atoms with Crippen LogP contribution in [-0.4, -0.2) is 173 Å². The summed E-state index contributed by atoms with van der Waals surface area (Å²) in [6.07, 6.45) is 6.28. The highest BCUT2D eigenvalue weighted by atomic mass is 16.3. The van der Waals surface area contributed by atoms with Crippen LogP contribution in [0.15, 0.2) is 82.9 Å². The number of carbonyl (C=O) groups is 9. The molecule has 0 radical (unpaired) electrons. The molecule has 3 saturated heterocycles. The summed E-state index contributed by atoms with van der Waals surface area (Å²) in [7, 11) is 0. The molecule has 3 heterocycles. The molecule has 5 rings (SSSR count). The van der Waals surface area contributed by atoms with Gasteiger partial charge in [0.05, 0.1) is 25.2 Å². The Labute approximate surface area is 434 Å². The van der Waals surface area contributed by atoms with Gasteiger partial charge in [-0.1, -0.05) is 66.7 Å². The molecule has 0 aromatic heterocycles. The SMILES string of the molecule is NC(N)=NC=CC[C@H](N)C(=O)N[C@@H](CCCN=C(N)N)C(=O)N1CCC[C@H]1C(=O)N1CCC[C@H]1C(=O)NCC(=O)N[C@@H](Cc1ccccc1)C(=O)N[C@@H](CO)C(=O)N1CCC[C@H]1C(=O)N[C@H](C=O)Cc1ccccc1. The van der Waals surface area contributed by atoms with Crippen molar-refractivity contribution in [2.24, 2.45) is 38.7 Å². The number of rotatable bonds is 26. The number of aliphatic hydroxyl groups excluding tert-OH is 1. The molecule has 0 unspecified atom stereocenters. The molecule has 0 bridgehead atoms. The molecule has 0 saturated carbocycles. The van der Waals surface area contributed by atoms with Crippen LogP contribution in [0, 0.1) is 0 Å². The molecule has 3 aliphatic heterocycles. The molecular formula is C50H71N15O10. The largest absolute Gasteiger partial charge is 0.394 e. The van der Waals surface area contributed by atoms with Crippen LogP contribution < -0.4 is 55.3 Å². The highest BCUT2D eigenvalue weighted by Gasteiger charge is 2.44. The third-order valence-corrected chi connectivity index (χ3v) is 13.1. The molecule has 25 nitrogen and oxygen atoms in total. The van der Waals surface area contributed by atoms with Gasteiger partial charge in [0.1, 0.15) is 42.5 Å². The molecule has 0 spiro atoms. The standard InChI is InChI=1S/C50H71N15O10/c51-34(16-7-21-56-49(52)53)42(69)61-35(17-8-22-57-50(54)55)46(73)65-25-11-20-40(65)48(75)64-24-9-18-38(64)44(71)58-28-41(68)60-36(27-32-14-5-2-6-15-32)43(70)62-37(30-67)47(74)63-23-10-19-39(63)45(72)59-33(29-66)26-31-12-3-1-4-13-31/h1-7,12-15,21,29,33-40,67H,8-11,16-20,22-28,30,51H2,(H,58,71)(H,59,72)(H,60,68)(H,61,69)(H,62,70)(H4,52,53,56)(H4,54,55,57)/t33-,34-,35-,36-,37-,38-,39-,40-/m0/s1. The van der Waals surface area contributed by atoms with Crippen molar-refractivity contribution >= 4 is 65.5 Å². The predicted octanol–water partition coefficient (Wildman–Crippen LogP) is -3.75. The minimum absolute atomic E-state index is 0.0465. The van der Waals surface area contributed by atoms with E-state index >= 15 is 0 Å². The highest BCUT2D eigenvalue weighted by Crippen LogP contribution is 2.26. The van der Waals surface area contributed by atoms with Crippen molar-refractivity contribution in [3.05, 3.63) is 84.1 Å². The molecule has 16 N–H and O–H groups in total. The van der Waals surface area contributed by atoms with Crippen LogP contribution in [-0.2, 0) is 56.0 Å². The third-order valence-electron chi connectivity index (χ3n) is 13.1. The molecule has 0 aliphatic carbocycles. The Morgan fingerprint density at radius 2 is 1.23 bits per heavy atom. The fourth-order valence-electron chi connectivity index (χ4n) is 9.31. The monoisotopic (exact) mass is 1040 g/mol. The zero-order valence-corrected chi connectivity index (χ0v) is 41.9. The second-order valence-corrected chi connectivity index (χ2v) is 18.6. The maximum absolute atomic E-state index is 14.3. The van der Waals surface area contributed by atoms with Crippen molar-refractivity contribution in [1.29, 1.82) is 0 Å². The van der Waals surface area contributed by atoms with Gasteiger partial charge in [0.15, 0.2) is 11.9 Å². The van der Waals surface area contributed by atoms with E-state index in [1.165, 1.54) is 27.0 Å². The molecule has 406 valence electrons. The van der Waals surface area contributed by atoms with Gasteiger partial charge >= 0.3 is 0 Å². The van der Waals surface area contributed by atoms with E-state index in [0.717, 1.165) is 5.56 Å². The summed E-state index contributed by atoms with van der Waals surface area (Å²) in [5.41, 5.74) is 29.2. The van der Waals surface area contributed by atoms with Crippen molar-refractivity contribution < 1.29 is 48.3 Å². The number of aliphatic hydroxyl groups is 1. The van der Waals surface area contributed by atoms with Crippen LogP contribution in [0.4, 0.5) is 0 Å². The second-order valence-electron chi connectivity index (χ2n) is 18.6. The zero-order valence-electron chi connectivity index (χ0n) is 41.9. The van der Waals surface area contributed by atoms with Crippen LogP contribution in [0.2, 0.25) is 0 Å². The molecule has 2 aromatic carbocycles. The molecule has 3 fully saturated rings. The predicted molar refractivity (Wildman–Crippen MR) is 276 cm³/mol. The summed E-state index contributed by atoms with van der Waals surface area (Å²) in [5, 5.41) is 23.5. The van der Waals surface area contributed by atoms with Crippen molar-refractivity contribution in [1.82, 2.24) is 41.3 Å². The lowest BCUT2D eigenvalue weighted by atomic mass is 10.0. The van der Waals surface area contributed by atoms with Gasteiger partial charge in [0.2, 0.25) is 47.3 Å². The minimum atomic E-state index is -1.50. The van der Waals surface area contributed by atoms with Crippen LogP contribution in [0.25, 0.3) is 0 Å². The smallest absolute Gasteiger partial charge is 0.248 e. The molecule has 2 aromatic rings. The zero-order chi connectivity index (χ0) is 54.4. The first kappa shape index (κ1) is 58.0. The Balaban J connectivity index is 1.20. The number of hydrogen-bond acceptors (Lipinski definition) is 13. The topological polar surface area (TPSA) is 399 Å². The molecule has 3 aliphatic rings. The molecular weight excluding hydrogens is 971 g/mol. The van der Waals surface area contributed by atoms with Gasteiger partial charge in [0, 0.05) is 38.8 Å². The summed E-state index contributed by atoms with van der Waals surface area (Å²) in [6, 6.07) is 9.04. The summed E-state index contributed by atoms with van der Waals surface area (Å²) in [5.74, 6) is -5.49. The Bertz CT molecular complexity index is 2400. The number of hydrogen-bond donors (Lipinski definition) is 11. The fourth-order valence-corrected chi connectivity index (χ4v) is 9.31. The quantitative estimate of drug-likeness (QED) is 0.0187. The fraction of sp³-hybridized carbons (Fsp3) is 0.500. The normalized spacial score (nSPS) is 19.2. The number of nitrogens with one attached hydrogen (secondary N) is 5. The van der Waals surface area contributed by atoms with E-state index in [-0.39, 0.29) is 76.6 Å². The first-order chi connectivity index (χ1) is 36.0. The number of likely N-dealkylation sites (tertiary alicyclic amines) is 3. The van der Waals surface area contributed by atoms with Crippen molar-refractivity contribution in [3.63, 3.8) is 0 Å². The lowest BCUT2D eigenvalue weighted by Gasteiger charge is -2.33. The minimum Gasteiger partial charge on any atom is -0.394 e. The van der Waals surface area contributed by atoms with Crippen molar-refractivity contribution in [3.8, 4) is 0 Å². The average molecular weight is 1040 g/mol. The van der Waals surface area contributed by atoms with Gasteiger partial charge in [-0.3, -0.25) is 43.3 Å². The number of carbonyl (C=O) groups excluding carboxylic acids is 9. The number of aldehydes is 1. The van der Waals surface area contributed by atoms with Crippen molar-refractivity contribution in [2.45, 2.75) is 119 Å². The van der Waals surface area contributed by atoms with Crippen molar-refractivity contribution in [2.75, 3.05) is 39.3 Å². The van der Waals surface area contributed by atoms with Crippen LogP contribution >= 0.6 is 0 Å². The number of amides is 8.